The van der Waals surface area contributed by atoms with Crippen molar-refractivity contribution < 1.29 is 9.13 Å². The number of benzene rings is 1. The molecule has 1 nitrogen and oxygen atoms in total. The van der Waals surface area contributed by atoms with Crippen LogP contribution in [-0.4, -0.2) is 0 Å². The minimum absolute atomic E-state index is 0.233. The topological polar surface area (TPSA) is 9.23 Å². The number of halogens is 2. The molecule has 0 N–H and O–H groups in total. The van der Waals surface area contributed by atoms with Crippen LogP contribution in [0, 0.1) is 12.7 Å². The first-order valence-electron chi connectivity index (χ1n) is 4.78. The third kappa shape index (κ3) is 2.83. The molecule has 0 bridgehead atoms. The highest BCUT2D eigenvalue weighted by Gasteiger charge is 2.03. The van der Waals surface area contributed by atoms with E-state index in [0.717, 1.165) is 20.0 Å². The summed E-state index contributed by atoms with van der Waals surface area (Å²) in [6.07, 6.45) is 0. The highest BCUT2D eigenvalue weighted by atomic mass is 79.9. The van der Waals surface area contributed by atoms with Gasteiger partial charge in [0.2, 0.25) is 0 Å². The lowest BCUT2D eigenvalue weighted by Crippen LogP contribution is -1.95. The van der Waals surface area contributed by atoms with Gasteiger partial charge in [-0.15, -0.1) is 11.3 Å². The maximum Gasteiger partial charge on any atom is 0.123 e. The van der Waals surface area contributed by atoms with E-state index in [1.807, 2.05) is 19.1 Å². The van der Waals surface area contributed by atoms with E-state index in [2.05, 4.69) is 15.9 Å². The standard InChI is InChI=1S/C12H10BrFOS/c1-8-6-9(14)2-4-11(8)15-7-10-3-5-12(13)16-10/h2-6H,7H2,1H3. The van der Waals surface area contributed by atoms with Crippen LogP contribution in [0.15, 0.2) is 34.1 Å². The van der Waals surface area contributed by atoms with E-state index in [1.54, 1.807) is 17.4 Å². The molecule has 0 fully saturated rings. The van der Waals surface area contributed by atoms with Crippen molar-refractivity contribution >= 4 is 27.3 Å². The Morgan fingerprint density at radius 2 is 2.12 bits per heavy atom. The molecule has 0 saturated heterocycles. The van der Waals surface area contributed by atoms with Crippen molar-refractivity contribution in [3.63, 3.8) is 0 Å². The van der Waals surface area contributed by atoms with Crippen LogP contribution in [0.3, 0.4) is 0 Å². The molecule has 0 unspecified atom stereocenters. The van der Waals surface area contributed by atoms with Gasteiger partial charge in [-0.05, 0) is 58.7 Å². The number of thiophene rings is 1. The van der Waals surface area contributed by atoms with E-state index in [-0.39, 0.29) is 5.82 Å². The first-order chi connectivity index (χ1) is 7.65. The van der Waals surface area contributed by atoms with Gasteiger partial charge in [0.25, 0.3) is 0 Å². The van der Waals surface area contributed by atoms with Gasteiger partial charge in [-0.2, -0.15) is 0 Å². The lowest BCUT2D eigenvalue weighted by atomic mass is 10.2. The summed E-state index contributed by atoms with van der Waals surface area (Å²) < 4.78 is 19.6. The fraction of sp³-hybridized carbons (Fsp3) is 0.167. The highest BCUT2D eigenvalue weighted by Crippen LogP contribution is 2.25. The fourth-order valence-corrected chi connectivity index (χ4v) is 2.75. The van der Waals surface area contributed by atoms with Crippen LogP contribution in [0.25, 0.3) is 0 Å². The Morgan fingerprint density at radius 3 is 2.75 bits per heavy atom. The second-order valence-electron chi connectivity index (χ2n) is 3.40. The fourth-order valence-electron chi connectivity index (χ4n) is 1.35. The van der Waals surface area contributed by atoms with Crippen LogP contribution in [0.2, 0.25) is 0 Å². The Balaban J connectivity index is 2.04. The number of rotatable bonds is 3. The second-order valence-corrected chi connectivity index (χ2v) is 5.95. The van der Waals surface area contributed by atoms with Gasteiger partial charge >= 0.3 is 0 Å². The molecule has 0 spiro atoms. The van der Waals surface area contributed by atoms with Crippen LogP contribution >= 0.6 is 27.3 Å². The Kier molecular flexibility index (Phi) is 3.61. The van der Waals surface area contributed by atoms with E-state index in [9.17, 15) is 4.39 Å². The molecule has 4 heteroatoms. The molecule has 0 aliphatic rings. The van der Waals surface area contributed by atoms with Gasteiger partial charge in [-0.1, -0.05) is 0 Å². The van der Waals surface area contributed by atoms with Crippen molar-refractivity contribution in [2.45, 2.75) is 13.5 Å². The second kappa shape index (κ2) is 4.97. The van der Waals surface area contributed by atoms with Gasteiger partial charge in [0.15, 0.2) is 0 Å². The molecule has 2 rings (SSSR count). The van der Waals surface area contributed by atoms with Gasteiger partial charge in [0.1, 0.15) is 18.2 Å². The van der Waals surface area contributed by atoms with E-state index < -0.39 is 0 Å². The van der Waals surface area contributed by atoms with Gasteiger partial charge in [0.05, 0.1) is 3.79 Å². The largest absolute Gasteiger partial charge is 0.488 e. The molecular formula is C12H10BrFOS. The maximum absolute atomic E-state index is 12.9. The highest BCUT2D eigenvalue weighted by molar-refractivity contribution is 9.11. The Bertz CT molecular complexity index is 496. The minimum Gasteiger partial charge on any atom is -0.488 e. The van der Waals surface area contributed by atoms with Gasteiger partial charge in [-0.25, -0.2) is 4.39 Å². The SMILES string of the molecule is Cc1cc(F)ccc1OCc1ccc(Br)s1. The molecule has 16 heavy (non-hydrogen) atoms. The number of hydrogen-bond acceptors (Lipinski definition) is 2. The summed E-state index contributed by atoms with van der Waals surface area (Å²) in [5.41, 5.74) is 0.815. The normalized spacial score (nSPS) is 10.4. The van der Waals surface area contributed by atoms with E-state index in [4.69, 9.17) is 4.74 Å². The third-order valence-electron chi connectivity index (χ3n) is 2.14. The van der Waals surface area contributed by atoms with E-state index >= 15 is 0 Å². The van der Waals surface area contributed by atoms with Crippen molar-refractivity contribution in [2.24, 2.45) is 0 Å². The molecule has 1 aromatic heterocycles. The minimum atomic E-state index is -0.233. The molecule has 1 aromatic carbocycles. The first-order valence-corrected chi connectivity index (χ1v) is 6.39. The Hall–Kier alpha value is -0.870. The van der Waals surface area contributed by atoms with Gasteiger partial charge in [0, 0.05) is 4.88 Å². The summed E-state index contributed by atoms with van der Waals surface area (Å²) >= 11 is 5.03. The van der Waals surface area contributed by atoms with Crippen LogP contribution < -0.4 is 4.74 Å². The molecule has 0 amide bonds. The zero-order valence-electron chi connectivity index (χ0n) is 8.67. The molecule has 2 aromatic rings. The molecule has 0 atom stereocenters. The van der Waals surface area contributed by atoms with Crippen molar-refractivity contribution in [3.8, 4) is 5.75 Å². The smallest absolute Gasteiger partial charge is 0.123 e. The maximum atomic E-state index is 12.9. The predicted octanol–water partition coefficient (Wildman–Crippen LogP) is 4.54. The first kappa shape index (κ1) is 11.6. The van der Waals surface area contributed by atoms with Crippen molar-refractivity contribution in [3.05, 3.63) is 50.4 Å². The molecule has 1 heterocycles. The quantitative estimate of drug-likeness (QED) is 0.809. The summed E-state index contributed by atoms with van der Waals surface area (Å²) in [4.78, 5) is 1.13. The third-order valence-corrected chi connectivity index (χ3v) is 3.73. The van der Waals surface area contributed by atoms with Crippen molar-refractivity contribution in [1.29, 1.82) is 0 Å². The van der Waals surface area contributed by atoms with Crippen LogP contribution in [-0.2, 0) is 6.61 Å². The summed E-state index contributed by atoms with van der Waals surface area (Å²) in [6, 6.07) is 8.54. The van der Waals surface area contributed by atoms with Crippen LogP contribution in [0.4, 0.5) is 4.39 Å². The number of hydrogen-bond donors (Lipinski definition) is 0. The van der Waals surface area contributed by atoms with Crippen LogP contribution in [0.5, 0.6) is 5.75 Å². The van der Waals surface area contributed by atoms with E-state index in [0.29, 0.717) is 6.61 Å². The molecular weight excluding hydrogens is 291 g/mol. The monoisotopic (exact) mass is 300 g/mol. The molecule has 0 radical (unpaired) electrons. The summed E-state index contributed by atoms with van der Waals surface area (Å²) in [5, 5.41) is 0. The Labute approximate surface area is 106 Å². The summed E-state index contributed by atoms with van der Waals surface area (Å²) in [6.45, 7) is 2.35. The zero-order chi connectivity index (χ0) is 11.5. The van der Waals surface area contributed by atoms with Crippen molar-refractivity contribution in [1.82, 2.24) is 0 Å². The van der Waals surface area contributed by atoms with Gasteiger partial charge in [-0.3, -0.25) is 0 Å². The molecule has 0 aliphatic heterocycles. The predicted molar refractivity (Wildman–Crippen MR) is 67.5 cm³/mol. The van der Waals surface area contributed by atoms with Crippen LogP contribution in [0.1, 0.15) is 10.4 Å². The number of aryl methyl sites for hydroxylation is 1. The molecule has 84 valence electrons. The Morgan fingerprint density at radius 1 is 1.31 bits per heavy atom. The lowest BCUT2D eigenvalue weighted by Gasteiger charge is -2.07. The average molecular weight is 301 g/mol. The van der Waals surface area contributed by atoms with E-state index in [1.165, 1.54) is 12.1 Å². The molecule has 0 saturated carbocycles. The summed E-state index contributed by atoms with van der Waals surface area (Å²) in [7, 11) is 0. The number of ether oxygens (including phenoxy) is 1. The molecule has 0 aliphatic carbocycles. The summed E-state index contributed by atoms with van der Waals surface area (Å²) in [5.74, 6) is 0.495. The zero-order valence-corrected chi connectivity index (χ0v) is 11.1. The average Bonchev–Trinajstić information content (AvgIpc) is 2.63. The van der Waals surface area contributed by atoms with Gasteiger partial charge < -0.3 is 4.74 Å². The van der Waals surface area contributed by atoms with Crippen molar-refractivity contribution in [2.75, 3.05) is 0 Å². The lowest BCUT2D eigenvalue weighted by molar-refractivity contribution is 0.307.